The van der Waals surface area contributed by atoms with Gasteiger partial charge in [0, 0.05) is 7.05 Å². The van der Waals surface area contributed by atoms with Gasteiger partial charge in [-0.25, -0.2) is 0 Å². The maximum absolute atomic E-state index is 10.5. The molecule has 2 amide bonds. The number of nitrogens with one attached hydrogen (secondary N) is 2. The average Bonchev–Trinajstić information content (AvgIpc) is 1.97. The van der Waals surface area contributed by atoms with Gasteiger partial charge in [0.15, 0.2) is 0 Å². The summed E-state index contributed by atoms with van der Waals surface area (Å²) in [5.41, 5.74) is 6.99. The van der Waals surface area contributed by atoms with Crippen LogP contribution in [0.5, 0.6) is 0 Å². The van der Waals surface area contributed by atoms with E-state index in [0.29, 0.717) is 0 Å². The smallest absolute Gasteiger partial charge is 0.245 e. The van der Waals surface area contributed by atoms with Crippen LogP contribution in [0.4, 0.5) is 0 Å². The van der Waals surface area contributed by atoms with E-state index in [-0.39, 0.29) is 19.1 Å². The molecule has 0 saturated heterocycles. The summed E-state index contributed by atoms with van der Waals surface area (Å²) in [5.74, 6) is -0.816. The van der Waals surface area contributed by atoms with Gasteiger partial charge in [-0.3, -0.25) is 14.4 Å². The summed E-state index contributed by atoms with van der Waals surface area (Å²) >= 11 is 0. The Hall–Kier alpha value is -1.14. The maximum atomic E-state index is 10.5. The van der Waals surface area contributed by atoms with Gasteiger partial charge < -0.3 is 11.1 Å². The lowest BCUT2D eigenvalue weighted by atomic mass is 10.6. The molecule has 0 bridgehead atoms. The number of carbonyl (C=O) groups excluding carboxylic acids is 2. The van der Waals surface area contributed by atoms with E-state index in [2.05, 4.69) is 15.6 Å². The Labute approximate surface area is 64.0 Å². The van der Waals surface area contributed by atoms with Crippen LogP contribution in [0.15, 0.2) is 0 Å². The minimum Gasteiger partial charge on any atom is -0.368 e. The van der Waals surface area contributed by atoms with Crippen molar-refractivity contribution in [3.63, 3.8) is 0 Å². The Balaban J connectivity index is 3.14. The van der Waals surface area contributed by atoms with Crippen LogP contribution in [0.25, 0.3) is 0 Å². The lowest BCUT2D eigenvalue weighted by Gasteiger charge is -2.01. The summed E-state index contributed by atoms with van der Waals surface area (Å²) in [6.07, 6.45) is 0. The van der Waals surface area contributed by atoms with Gasteiger partial charge in [-0.05, 0) is 0 Å². The lowest BCUT2D eigenvalue weighted by Crippen LogP contribution is -2.33. The minimum absolute atomic E-state index is 0.00375. The van der Waals surface area contributed by atoms with Crippen molar-refractivity contribution in [3.05, 3.63) is 0 Å². The van der Waals surface area contributed by atoms with Crippen molar-refractivity contribution in [1.29, 1.82) is 0 Å². The SMILES string of the molecule is CNC(=O)CNOCC(N)=O. The fourth-order valence-electron chi connectivity index (χ4n) is 0.327. The zero-order valence-corrected chi connectivity index (χ0v) is 6.22. The van der Waals surface area contributed by atoms with Crippen LogP contribution in [0.2, 0.25) is 0 Å². The van der Waals surface area contributed by atoms with Gasteiger partial charge in [0.25, 0.3) is 0 Å². The monoisotopic (exact) mass is 161 g/mol. The number of primary amides is 1. The predicted molar refractivity (Wildman–Crippen MR) is 37.2 cm³/mol. The highest BCUT2D eigenvalue weighted by molar-refractivity contribution is 5.77. The van der Waals surface area contributed by atoms with Crippen molar-refractivity contribution in [2.24, 2.45) is 5.73 Å². The van der Waals surface area contributed by atoms with Crippen molar-refractivity contribution < 1.29 is 14.4 Å². The van der Waals surface area contributed by atoms with Crippen LogP contribution in [0, 0.1) is 0 Å². The number of hydrogen-bond acceptors (Lipinski definition) is 4. The largest absolute Gasteiger partial charge is 0.368 e. The number of rotatable bonds is 5. The molecule has 0 aromatic heterocycles. The Morgan fingerprint density at radius 2 is 2.18 bits per heavy atom. The zero-order chi connectivity index (χ0) is 8.69. The average molecular weight is 161 g/mol. The van der Waals surface area contributed by atoms with E-state index in [1.807, 2.05) is 0 Å². The molecule has 0 aromatic rings. The number of likely N-dealkylation sites (N-methyl/N-ethyl adjacent to an activating group) is 1. The van der Waals surface area contributed by atoms with Crippen molar-refractivity contribution >= 4 is 11.8 Å². The van der Waals surface area contributed by atoms with Crippen LogP contribution >= 0.6 is 0 Å². The van der Waals surface area contributed by atoms with E-state index in [1.54, 1.807) is 0 Å². The second-order valence-electron chi connectivity index (χ2n) is 1.75. The predicted octanol–water partition coefficient (Wildman–Crippen LogP) is -2.26. The molecule has 6 heteroatoms. The summed E-state index contributed by atoms with van der Waals surface area (Å²) in [7, 11) is 1.50. The Kier molecular flexibility index (Phi) is 5.05. The van der Waals surface area contributed by atoms with Crippen molar-refractivity contribution in [3.8, 4) is 0 Å². The van der Waals surface area contributed by atoms with E-state index in [9.17, 15) is 9.59 Å². The molecular formula is C5H11N3O3. The van der Waals surface area contributed by atoms with Gasteiger partial charge in [-0.15, -0.1) is 0 Å². The van der Waals surface area contributed by atoms with E-state index in [4.69, 9.17) is 5.73 Å². The first kappa shape index (κ1) is 9.86. The molecule has 0 fully saturated rings. The van der Waals surface area contributed by atoms with Crippen molar-refractivity contribution in [1.82, 2.24) is 10.8 Å². The second-order valence-corrected chi connectivity index (χ2v) is 1.75. The topological polar surface area (TPSA) is 93.4 Å². The number of hydroxylamine groups is 1. The van der Waals surface area contributed by atoms with Gasteiger partial charge in [0.1, 0.15) is 6.61 Å². The van der Waals surface area contributed by atoms with E-state index in [1.165, 1.54) is 7.05 Å². The fourth-order valence-corrected chi connectivity index (χ4v) is 0.327. The zero-order valence-electron chi connectivity index (χ0n) is 6.22. The third kappa shape index (κ3) is 6.75. The van der Waals surface area contributed by atoms with E-state index >= 15 is 0 Å². The molecule has 64 valence electrons. The van der Waals surface area contributed by atoms with Gasteiger partial charge in [0.2, 0.25) is 11.8 Å². The minimum atomic E-state index is -0.589. The summed E-state index contributed by atoms with van der Waals surface area (Å²) in [6, 6.07) is 0. The van der Waals surface area contributed by atoms with Crippen molar-refractivity contribution in [2.45, 2.75) is 0 Å². The molecule has 0 spiro atoms. The molecule has 0 aromatic carbocycles. The van der Waals surface area contributed by atoms with Gasteiger partial charge in [-0.1, -0.05) is 0 Å². The van der Waals surface area contributed by atoms with Crippen LogP contribution in [0.1, 0.15) is 0 Å². The quantitative estimate of drug-likeness (QED) is 0.313. The highest BCUT2D eigenvalue weighted by Crippen LogP contribution is 1.65. The molecule has 4 N–H and O–H groups in total. The highest BCUT2D eigenvalue weighted by atomic mass is 16.6. The lowest BCUT2D eigenvalue weighted by molar-refractivity contribution is -0.129. The standard InChI is InChI=1S/C5H11N3O3/c1-7-5(10)2-8-11-3-4(6)9/h8H,2-3H2,1H3,(H2,6,9)(H,7,10). The van der Waals surface area contributed by atoms with Crippen LogP contribution < -0.4 is 16.5 Å². The molecule has 0 saturated carbocycles. The third-order valence-corrected chi connectivity index (χ3v) is 0.828. The third-order valence-electron chi connectivity index (χ3n) is 0.828. The normalized spacial score (nSPS) is 9.18. The molecule has 0 aliphatic rings. The summed E-state index contributed by atoms with van der Waals surface area (Å²) in [5, 5.41) is 2.36. The molecule has 0 rings (SSSR count). The molecule has 0 heterocycles. The Bertz CT molecular complexity index is 148. The fraction of sp³-hybridized carbons (Fsp3) is 0.600. The number of hydrogen-bond donors (Lipinski definition) is 3. The van der Waals surface area contributed by atoms with Crippen LogP contribution in [-0.2, 0) is 14.4 Å². The molecule has 11 heavy (non-hydrogen) atoms. The van der Waals surface area contributed by atoms with Crippen LogP contribution in [-0.4, -0.2) is 32.0 Å². The number of carbonyl (C=O) groups is 2. The first-order valence-electron chi connectivity index (χ1n) is 3.00. The molecule has 0 radical (unpaired) electrons. The molecule has 0 unspecified atom stereocenters. The summed E-state index contributed by atoms with van der Waals surface area (Å²) < 4.78 is 0. The second kappa shape index (κ2) is 5.63. The molecule has 0 aliphatic carbocycles. The number of amides is 2. The van der Waals surface area contributed by atoms with E-state index < -0.39 is 5.91 Å². The summed E-state index contributed by atoms with van der Waals surface area (Å²) in [4.78, 5) is 25.0. The Morgan fingerprint density at radius 1 is 1.55 bits per heavy atom. The van der Waals surface area contributed by atoms with Gasteiger partial charge >= 0.3 is 0 Å². The first-order valence-corrected chi connectivity index (χ1v) is 3.00. The maximum Gasteiger partial charge on any atom is 0.245 e. The number of nitrogens with two attached hydrogens (primary N) is 1. The summed E-state index contributed by atoms with van der Waals surface area (Å²) in [6.45, 7) is -0.235. The van der Waals surface area contributed by atoms with E-state index in [0.717, 1.165) is 0 Å². The molecule has 0 aliphatic heterocycles. The highest BCUT2D eigenvalue weighted by Gasteiger charge is 1.97. The van der Waals surface area contributed by atoms with Crippen LogP contribution in [0.3, 0.4) is 0 Å². The van der Waals surface area contributed by atoms with Gasteiger partial charge in [-0.2, -0.15) is 5.48 Å². The van der Waals surface area contributed by atoms with Crippen molar-refractivity contribution in [2.75, 3.05) is 20.2 Å². The first-order chi connectivity index (χ1) is 5.16. The van der Waals surface area contributed by atoms with Gasteiger partial charge in [0.05, 0.1) is 6.54 Å². The molecule has 6 nitrogen and oxygen atoms in total. The molecular weight excluding hydrogens is 150 g/mol. The molecule has 0 atom stereocenters. The Morgan fingerprint density at radius 3 is 2.64 bits per heavy atom.